The molecule has 0 aliphatic rings. The van der Waals surface area contributed by atoms with Crippen LogP contribution in [0.4, 0.5) is 0 Å². The van der Waals surface area contributed by atoms with Gasteiger partial charge in [-0.15, -0.1) is 11.6 Å². The predicted molar refractivity (Wildman–Crippen MR) is 77.4 cm³/mol. The predicted octanol–water partition coefficient (Wildman–Crippen LogP) is 3.69. The lowest BCUT2D eigenvalue weighted by Crippen LogP contribution is -2.34. The van der Waals surface area contributed by atoms with Gasteiger partial charge in [0.2, 0.25) is 0 Å². The van der Waals surface area contributed by atoms with Crippen molar-refractivity contribution in [3.05, 3.63) is 34.9 Å². The quantitative estimate of drug-likeness (QED) is 0.810. The fraction of sp³-hybridized carbons (Fsp3) is 0.533. The van der Waals surface area contributed by atoms with Crippen molar-refractivity contribution in [2.75, 3.05) is 12.4 Å². The van der Waals surface area contributed by atoms with Crippen LogP contribution in [-0.4, -0.2) is 18.3 Å². The van der Waals surface area contributed by atoms with E-state index in [2.05, 4.69) is 19.2 Å². The molecule has 0 spiro atoms. The summed E-state index contributed by atoms with van der Waals surface area (Å²) in [6.45, 7) is 8.86. The molecule has 100 valence electrons. The van der Waals surface area contributed by atoms with Crippen LogP contribution in [0.2, 0.25) is 0 Å². The van der Waals surface area contributed by atoms with Gasteiger partial charge in [-0.05, 0) is 42.9 Å². The standard InChI is InChI=1S/C15H22ClNO/c1-11-6-5-7-13(12(11)2)14(18)17-10-15(3,4)8-9-16/h5-7H,8-10H2,1-4H3,(H,17,18). The van der Waals surface area contributed by atoms with Gasteiger partial charge in [0.05, 0.1) is 0 Å². The molecular weight excluding hydrogens is 246 g/mol. The number of benzene rings is 1. The first-order valence-corrected chi connectivity index (χ1v) is 6.81. The Labute approximate surface area is 115 Å². The minimum absolute atomic E-state index is 0.00107. The van der Waals surface area contributed by atoms with Gasteiger partial charge < -0.3 is 5.32 Å². The van der Waals surface area contributed by atoms with Gasteiger partial charge in [-0.3, -0.25) is 4.79 Å². The SMILES string of the molecule is Cc1cccc(C(=O)NCC(C)(C)CCCl)c1C. The van der Waals surface area contributed by atoms with Gasteiger partial charge in [0, 0.05) is 18.0 Å². The van der Waals surface area contributed by atoms with E-state index in [4.69, 9.17) is 11.6 Å². The molecule has 0 fully saturated rings. The second kappa shape index (κ2) is 6.24. The summed E-state index contributed by atoms with van der Waals surface area (Å²) in [6, 6.07) is 5.80. The number of carbonyl (C=O) groups excluding carboxylic acids is 1. The largest absolute Gasteiger partial charge is 0.351 e. The molecule has 0 heterocycles. The first-order valence-electron chi connectivity index (χ1n) is 6.28. The number of carbonyl (C=O) groups is 1. The number of alkyl halides is 1. The lowest BCUT2D eigenvalue weighted by Gasteiger charge is -2.24. The number of hydrogen-bond acceptors (Lipinski definition) is 1. The van der Waals surface area contributed by atoms with E-state index in [0.29, 0.717) is 12.4 Å². The molecule has 0 aromatic heterocycles. The first kappa shape index (κ1) is 15.0. The monoisotopic (exact) mass is 267 g/mol. The highest BCUT2D eigenvalue weighted by atomic mass is 35.5. The zero-order valence-electron chi connectivity index (χ0n) is 11.6. The van der Waals surface area contributed by atoms with Gasteiger partial charge in [-0.2, -0.15) is 0 Å². The Morgan fingerprint density at radius 1 is 1.33 bits per heavy atom. The van der Waals surface area contributed by atoms with Gasteiger partial charge in [-0.1, -0.05) is 26.0 Å². The molecule has 0 unspecified atom stereocenters. The smallest absolute Gasteiger partial charge is 0.251 e. The van der Waals surface area contributed by atoms with Gasteiger partial charge in [0.1, 0.15) is 0 Å². The van der Waals surface area contributed by atoms with Crippen LogP contribution in [0, 0.1) is 19.3 Å². The maximum absolute atomic E-state index is 12.1. The molecule has 0 aliphatic carbocycles. The van der Waals surface area contributed by atoms with E-state index in [0.717, 1.165) is 23.1 Å². The van der Waals surface area contributed by atoms with Gasteiger partial charge in [0.15, 0.2) is 0 Å². The summed E-state index contributed by atoms with van der Waals surface area (Å²) in [5.41, 5.74) is 2.99. The van der Waals surface area contributed by atoms with Gasteiger partial charge >= 0.3 is 0 Å². The maximum atomic E-state index is 12.1. The molecule has 0 atom stereocenters. The normalized spacial score (nSPS) is 11.4. The van der Waals surface area contributed by atoms with Crippen LogP contribution in [0.15, 0.2) is 18.2 Å². The van der Waals surface area contributed by atoms with E-state index >= 15 is 0 Å². The molecule has 1 amide bonds. The Bertz CT molecular complexity index is 427. The number of nitrogens with one attached hydrogen (secondary N) is 1. The molecular formula is C15H22ClNO. The summed E-state index contributed by atoms with van der Waals surface area (Å²) < 4.78 is 0. The van der Waals surface area contributed by atoms with E-state index < -0.39 is 0 Å². The number of hydrogen-bond donors (Lipinski definition) is 1. The summed E-state index contributed by atoms with van der Waals surface area (Å²) in [6.07, 6.45) is 0.891. The second-order valence-electron chi connectivity index (χ2n) is 5.53. The number of halogens is 1. The molecule has 1 rings (SSSR count). The van der Waals surface area contributed by atoms with Crippen molar-refractivity contribution in [2.24, 2.45) is 5.41 Å². The lowest BCUT2D eigenvalue weighted by atomic mass is 9.90. The molecule has 0 aliphatic heterocycles. The average Bonchev–Trinajstić information content (AvgIpc) is 2.30. The van der Waals surface area contributed by atoms with Crippen molar-refractivity contribution in [3.63, 3.8) is 0 Å². The van der Waals surface area contributed by atoms with Crippen LogP contribution in [0.1, 0.15) is 41.8 Å². The van der Waals surface area contributed by atoms with Crippen molar-refractivity contribution >= 4 is 17.5 Å². The minimum atomic E-state index is -0.00107. The van der Waals surface area contributed by atoms with E-state index in [9.17, 15) is 4.79 Å². The van der Waals surface area contributed by atoms with Crippen LogP contribution in [0.25, 0.3) is 0 Å². The maximum Gasteiger partial charge on any atom is 0.251 e. The van der Waals surface area contributed by atoms with Crippen LogP contribution in [0.5, 0.6) is 0 Å². The van der Waals surface area contributed by atoms with E-state index in [1.165, 1.54) is 0 Å². The highest BCUT2D eigenvalue weighted by Gasteiger charge is 2.19. The summed E-state index contributed by atoms with van der Waals surface area (Å²) in [7, 11) is 0. The van der Waals surface area contributed by atoms with E-state index in [-0.39, 0.29) is 11.3 Å². The lowest BCUT2D eigenvalue weighted by molar-refractivity contribution is 0.0935. The summed E-state index contributed by atoms with van der Waals surface area (Å²) in [4.78, 5) is 12.1. The third-order valence-corrected chi connectivity index (χ3v) is 3.54. The van der Waals surface area contributed by atoms with Crippen LogP contribution >= 0.6 is 11.6 Å². The minimum Gasteiger partial charge on any atom is -0.351 e. The molecule has 2 nitrogen and oxygen atoms in total. The first-order chi connectivity index (χ1) is 8.37. The summed E-state index contributed by atoms with van der Waals surface area (Å²) in [5.74, 6) is 0.616. The Kier molecular flexibility index (Phi) is 5.21. The third kappa shape index (κ3) is 4.02. The Morgan fingerprint density at radius 3 is 2.61 bits per heavy atom. The molecule has 1 aromatic rings. The molecule has 1 aromatic carbocycles. The van der Waals surface area contributed by atoms with Crippen molar-refractivity contribution in [1.82, 2.24) is 5.32 Å². The van der Waals surface area contributed by atoms with Gasteiger partial charge in [0.25, 0.3) is 5.91 Å². The Hall–Kier alpha value is -1.02. The number of aryl methyl sites for hydroxylation is 1. The summed E-state index contributed by atoms with van der Waals surface area (Å²) in [5, 5.41) is 2.99. The van der Waals surface area contributed by atoms with Crippen molar-refractivity contribution in [3.8, 4) is 0 Å². The number of rotatable bonds is 5. The molecule has 1 N–H and O–H groups in total. The molecule has 0 bridgehead atoms. The second-order valence-corrected chi connectivity index (χ2v) is 5.91. The van der Waals surface area contributed by atoms with Crippen LogP contribution < -0.4 is 5.32 Å². The van der Waals surface area contributed by atoms with Crippen molar-refractivity contribution in [2.45, 2.75) is 34.1 Å². The zero-order chi connectivity index (χ0) is 13.8. The van der Waals surface area contributed by atoms with Crippen LogP contribution in [-0.2, 0) is 0 Å². The van der Waals surface area contributed by atoms with E-state index in [1.54, 1.807) is 0 Å². The number of amides is 1. The van der Waals surface area contributed by atoms with Crippen LogP contribution in [0.3, 0.4) is 0 Å². The molecule has 0 saturated carbocycles. The van der Waals surface area contributed by atoms with Gasteiger partial charge in [-0.25, -0.2) is 0 Å². The Balaban J connectivity index is 2.69. The highest BCUT2D eigenvalue weighted by molar-refractivity contribution is 6.17. The van der Waals surface area contributed by atoms with E-state index in [1.807, 2.05) is 32.0 Å². The fourth-order valence-electron chi connectivity index (χ4n) is 1.76. The summed E-state index contributed by atoms with van der Waals surface area (Å²) >= 11 is 5.75. The highest BCUT2D eigenvalue weighted by Crippen LogP contribution is 2.20. The average molecular weight is 268 g/mol. The fourth-order valence-corrected chi connectivity index (χ4v) is 2.27. The molecule has 3 heteroatoms. The zero-order valence-corrected chi connectivity index (χ0v) is 12.4. The molecule has 18 heavy (non-hydrogen) atoms. The topological polar surface area (TPSA) is 29.1 Å². The molecule has 0 saturated heterocycles. The van der Waals surface area contributed by atoms with Crippen molar-refractivity contribution < 1.29 is 4.79 Å². The molecule has 0 radical (unpaired) electrons. The third-order valence-electron chi connectivity index (χ3n) is 3.35. The Morgan fingerprint density at radius 2 is 2.00 bits per heavy atom. The van der Waals surface area contributed by atoms with Crippen molar-refractivity contribution in [1.29, 1.82) is 0 Å².